The Morgan fingerprint density at radius 2 is 0.515 bits per heavy atom. The number of hydrogen-bond donors (Lipinski definition) is 0. The fraction of sp³-hybridized carbons (Fsp3) is 0.0303. The highest BCUT2D eigenvalue weighted by molar-refractivity contribution is 6.07. The van der Waals surface area contributed by atoms with Crippen LogP contribution in [0.4, 0.5) is 34.1 Å². The van der Waals surface area contributed by atoms with Gasteiger partial charge in [0.05, 0.1) is 22.7 Å². The summed E-state index contributed by atoms with van der Waals surface area (Å²) in [7, 11) is 0. The molecule has 2 nitrogen and oxygen atoms in total. The number of anilines is 6. The van der Waals surface area contributed by atoms with Crippen molar-refractivity contribution in [1.29, 1.82) is 0 Å². The summed E-state index contributed by atoms with van der Waals surface area (Å²) >= 11 is 0. The van der Waals surface area contributed by atoms with Crippen molar-refractivity contribution in [2.24, 2.45) is 0 Å². The molecular weight excluding hydrogens is 821 g/mol. The summed E-state index contributed by atoms with van der Waals surface area (Å²) in [6.45, 7) is 4.51. The van der Waals surface area contributed by atoms with E-state index in [0.29, 0.717) is 0 Å². The van der Waals surface area contributed by atoms with E-state index < -0.39 is 0 Å². The predicted octanol–water partition coefficient (Wildman–Crippen LogP) is 18.9. The quantitative estimate of drug-likeness (QED) is 0.143. The second-order valence-corrected chi connectivity index (χ2v) is 17.8. The molecule has 0 amide bonds. The van der Waals surface area contributed by atoms with Gasteiger partial charge < -0.3 is 9.80 Å². The van der Waals surface area contributed by atoms with Gasteiger partial charge in [-0.2, -0.15) is 0 Å². The Labute approximate surface area is 398 Å². The zero-order valence-electron chi connectivity index (χ0n) is 38.1. The van der Waals surface area contributed by atoms with Crippen LogP contribution >= 0.6 is 0 Å². The minimum atomic E-state index is 1.13. The normalized spacial score (nSPS) is 11.4. The van der Waals surface area contributed by atoms with Crippen molar-refractivity contribution in [2.45, 2.75) is 13.8 Å². The number of fused-ring (bicyclic) bond motifs is 4. The lowest BCUT2D eigenvalue weighted by Crippen LogP contribution is -2.13. The van der Waals surface area contributed by atoms with E-state index in [0.717, 1.165) is 34.1 Å². The Kier molecular flexibility index (Phi) is 10.3. The van der Waals surface area contributed by atoms with E-state index in [-0.39, 0.29) is 0 Å². The maximum absolute atomic E-state index is 2.47. The zero-order valence-corrected chi connectivity index (χ0v) is 38.1. The fourth-order valence-electron chi connectivity index (χ4n) is 10.5. The SMILES string of the molecule is Cc1cc(-c2ccc(N(c3ccccc3-c3cccc4ccccc34)c3cccc4ccccc34)c(C)c2)ccc1N(c1ccccc1-c1cccc2ccccc12)c1cccc2ccccc12. The number of rotatable bonds is 9. The van der Waals surface area contributed by atoms with Gasteiger partial charge in [-0.1, -0.05) is 206 Å². The van der Waals surface area contributed by atoms with Crippen LogP contribution in [0.2, 0.25) is 0 Å². The second-order valence-electron chi connectivity index (χ2n) is 17.8. The third-order valence-corrected chi connectivity index (χ3v) is 13.7. The minimum absolute atomic E-state index is 1.13. The summed E-state index contributed by atoms with van der Waals surface area (Å²) in [4.78, 5) is 4.95. The van der Waals surface area contributed by atoms with Crippen molar-refractivity contribution in [3.63, 3.8) is 0 Å². The van der Waals surface area contributed by atoms with E-state index in [2.05, 4.69) is 278 Å². The molecule has 0 aromatic heterocycles. The molecule has 0 saturated carbocycles. The molecule has 0 aliphatic carbocycles. The molecule has 322 valence electrons. The van der Waals surface area contributed by atoms with E-state index in [1.165, 1.54) is 87.6 Å². The Balaban J connectivity index is 0.997. The monoisotopic (exact) mass is 868 g/mol. The Hall–Kier alpha value is -8.72. The van der Waals surface area contributed by atoms with Gasteiger partial charge in [-0.05, 0) is 128 Å². The number of benzene rings is 12. The number of hydrogen-bond acceptors (Lipinski definition) is 2. The van der Waals surface area contributed by atoms with E-state index in [4.69, 9.17) is 0 Å². The lowest BCUT2D eigenvalue weighted by atomic mass is 9.94. The third kappa shape index (κ3) is 7.15. The molecule has 12 aromatic carbocycles. The molecule has 12 rings (SSSR count). The van der Waals surface area contributed by atoms with Crippen LogP contribution in [0.3, 0.4) is 0 Å². The molecule has 0 unspecified atom stereocenters. The van der Waals surface area contributed by atoms with Gasteiger partial charge in [0.2, 0.25) is 0 Å². The first kappa shape index (κ1) is 40.8. The average molecular weight is 869 g/mol. The molecule has 0 spiro atoms. The van der Waals surface area contributed by atoms with Crippen molar-refractivity contribution in [3.8, 4) is 33.4 Å². The van der Waals surface area contributed by atoms with Gasteiger partial charge in [0.25, 0.3) is 0 Å². The highest BCUT2D eigenvalue weighted by atomic mass is 15.2. The summed E-state index contributed by atoms with van der Waals surface area (Å²) in [5, 5.41) is 9.76. The van der Waals surface area contributed by atoms with Crippen molar-refractivity contribution in [1.82, 2.24) is 0 Å². The molecule has 12 aromatic rings. The van der Waals surface area contributed by atoms with Crippen LogP contribution in [0.25, 0.3) is 76.5 Å². The first-order valence-corrected chi connectivity index (χ1v) is 23.5. The molecule has 0 heterocycles. The van der Waals surface area contributed by atoms with Crippen LogP contribution in [0.5, 0.6) is 0 Å². The topological polar surface area (TPSA) is 6.48 Å². The zero-order chi connectivity index (χ0) is 45.6. The van der Waals surface area contributed by atoms with E-state index in [1.54, 1.807) is 0 Å². The van der Waals surface area contributed by atoms with E-state index in [1.807, 2.05) is 0 Å². The molecule has 0 bridgehead atoms. The molecule has 0 aliphatic rings. The number of para-hydroxylation sites is 2. The van der Waals surface area contributed by atoms with E-state index in [9.17, 15) is 0 Å². The Bertz CT molecular complexity index is 3590. The van der Waals surface area contributed by atoms with Gasteiger partial charge in [-0.3, -0.25) is 0 Å². The molecular formula is C66H48N2. The summed E-state index contributed by atoms with van der Waals surface area (Å²) in [5.74, 6) is 0. The van der Waals surface area contributed by atoms with Gasteiger partial charge in [0.1, 0.15) is 0 Å². The van der Waals surface area contributed by atoms with Crippen molar-refractivity contribution < 1.29 is 0 Å². The molecule has 68 heavy (non-hydrogen) atoms. The fourth-order valence-corrected chi connectivity index (χ4v) is 10.5. The molecule has 0 atom stereocenters. The molecule has 0 N–H and O–H groups in total. The van der Waals surface area contributed by atoms with Gasteiger partial charge in [-0.15, -0.1) is 0 Å². The summed E-state index contributed by atoms with van der Waals surface area (Å²) in [6, 6.07) is 93.1. The van der Waals surface area contributed by atoms with Crippen LogP contribution < -0.4 is 9.80 Å². The largest absolute Gasteiger partial charge is 0.309 e. The van der Waals surface area contributed by atoms with Gasteiger partial charge >= 0.3 is 0 Å². The van der Waals surface area contributed by atoms with Crippen molar-refractivity contribution >= 4 is 77.2 Å². The van der Waals surface area contributed by atoms with Gasteiger partial charge in [0.15, 0.2) is 0 Å². The number of nitrogens with zero attached hydrogens (tertiary/aromatic N) is 2. The number of aryl methyl sites for hydroxylation is 2. The molecule has 0 aliphatic heterocycles. The highest BCUT2D eigenvalue weighted by Crippen LogP contribution is 2.48. The molecule has 0 saturated heterocycles. The predicted molar refractivity (Wildman–Crippen MR) is 292 cm³/mol. The Morgan fingerprint density at radius 3 is 0.926 bits per heavy atom. The van der Waals surface area contributed by atoms with Crippen LogP contribution in [0.1, 0.15) is 11.1 Å². The summed E-state index contributed by atoms with van der Waals surface area (Å²) in [5.41, 5.74) is 16.3. The third-order valence-electron chi connectivity index (χ3n) is 13.7. The standard InChI is InChI=1S/C66H48N2/c1-45-43-51(39-41-61(45)67(63-37-17-25-49-21-5-9-29-55(49)63)65-35-13-11-31-59(65)57-33-15-23-47-19-3-7-27-53(47)57)52-40-42-62(46(2)44-52)68(64-38-18-26-50-22-6-10-30-56(50)64)66-36-14-12-32-60(66)58-34-16-24-48-20-4-8-28-54(48)58/h3-44H,1-2H3. The summed E-state index contributed by atoms with van der Waals surface area (Å²) < 4.78 is 0. The first-order valence-electron chi connectivity index (χ1n) is 23.5. The smallest absolute Gasteiger partial charge is 0.0540 e. The van der Waals surface area contributed by atoms with Crippen LogP contribution in [-0.2, 0) is 0 Å². The second kappa shape index (κ2) is 17.3. The van der Waals surface area contributed by atoms with Crippen molar-refractivity contribution in [3.05, 3.63) is 266 Å². The molecule has 0 radical (unpaired) electrons. The minimum Gasteiger partial charge on any atom is -0.309 e. The molecule has 2 heteroatoms. The lowest BCUT2D eigenvalue weighted by Gasteiger charge is -2.31. The first-order chi connectivity index (χ1) is 33.6. The maximum Gasteiger partial charge on any atom is 0.0540 e. The van der Waals surface area contributed by atoms with E-state index >= 15 is 0 Å². The summed E-state index contributed by atoms with van der Waals surface area (Å²) in [6.07, 6.45) is 0. The average Bonchev–Trinajstić information content (AvgIpc) is 3.40. The highest BCUT2D eigenvalue weighted by Gasteiger charge is 2.24. The van der Waals surface area contributed by atoms with Crippen LogP contribution in [0, 0.1) is 13.8 Å². The molecule has 0 fully saturated rings. The maximum atomic E-state index is 2.47. The van der Waals surface area contributed by atoms with Crippen molar-refractivity contribution in [2.75, 3.05) is 9.80 Å². The lowest BCUT2D eigenvalue weighted by molar-refractivity contribution is 1.25. The van der Waals surface area contributed by atoms with Crippen LogP contribution in [-0.4, -0.2) is 0 Å². The van der Waals surface area contributed by atoms with Gasteiger partial charge in [0, 0.05) is 33.3 Å². The van der Waals surface area contributed by atoms with Crippen LogP contribution in [0.15, 0.2) is 255 Å². The Morgan fingerprint density at radius 1 is 0.221 bits per heavy atom. The van der Waals surface area contributed by atoms with Gasteiger partial charge in [-0.25, -0.2) is 0 Å².